The highest BCUT2D eigenvalue weighted by Gasteiger charge is 2.66. The van der Waals surface area contributed by atoms with Crippen molar-refractivity contribution in [2.45, 2.75) is 50.6 Å². The van der Waals surface area contributed by atoms with Crippen molar-refractivity contribution in [2.75, 3.05) is 31.0 Å². The molecule has 1 saturated heterocycles. The Balaban J connectivity index is 1.67. The Labute approximate surface area is 269 Å². The van der Waals surface area contributed by atoms with Crippen LogP contribution in [0.4, 0.5) is 20.2 Å². The summed E-state index contributed by atoms with van der Waals surface area (Å²) >= 11 is 12.5. The molecule has 238 valence electrons. The van der Waals surface area contributed by atoms with Crippen molar-refractivity contribution in [2.24, 2.45) is 5.41 Å². The fourth-order valence-corrected chi connectivity index (χ4v) is 6.85. The van der Waals surface area contributed by atoms with E-state index < -0.39 is 59.1 Å². The number of anilines is 2. The van der Waals surface area contributed by atoms with E-state index in [-0.39, 0.29) is 40.6 Å². The number of rotatable bonds is 9. The van der Waals surface area contributed by atoms with Crippen LogP contribution >= 0.6 is 23.2 Å². The van der Waals surface area contributed by atoms with Crippen molar-refractivity contribution in [3.8, 4) is 5.75 Å². The lowest BCUT2D eigenvalue weighted by Gasteiger charge is -2.38. The SMILES string of the molecule is CCOC(=O)c1ccc(NC(=O)[C@@H]2N[C@@H](CC(C)(C)CF)[C@@]3(C(=O)Nc4cc(Cl)ccc43)C2c2cccc(Cl)c2F)c(OC)c1. The van der Waals surface area contributed by atoms with Crippen LogP contribution in [0.5, 0.6) is 5.75 Å². The topological polar surface area (TPSA) is 106 Å². The number of hydrogen-bond acceptors (Lipinski definition) is 6. The molecule has 2 aliphatic heterocycles. The van der Waals surface area contributed by atoms with E-state index in [2.05, 4.69) is 16.0 Å². The molecule has 1 fully saturated rings. The smallest absolute Gasteiger partial charge is 0.338 e. The highest BCUT2D eigenvalue weighted by atomic mass is 35.5. The van der Waals surface area contributed by atoms with Gasteiger partial charge in [0.05, 0.1) is 42.7 Å². The molecule has 8 nitrogen and oxygen atoms in total. The summed E-state index contributed by atoms with van der Waals surface area (Å²) in [5.74, 6) is -3.39. The number of alkyl halides is 1. The summed E-state index contributed by atoms with van der Waals surface area (Å²) in [4.78, 5) is 40.8. The first-order chi connectivity index (χ1) is 21.4. The summed E-state index contributed by atoms with van der Waals surface area (Å²) in [5.41, 5.74) is -1.06. The van der Waals surface area contributed by atoms with Crippen molar-refractivity contribution >= 4 is 52.4 Å². The maximum absolute atomic E-state index is 16.0. The molecule has 0 aliphatic carbocycles. The van der Waals surface area contributed by atoms with E-state index in [1.165, 1.54) is 37.4 Å². The largest absolute Gasteiger partial charge is 0.495 e. The van der Waals surface area contributed by atoms with Gasteiger partial charge in [-0.2, -0.15) is 0 Å². The number of nitrogens with one attached hydrogen (secondary N) is 3. The zero-order chi connectivity index (χ0) is 32.7. The minimum atomic E-state index is -1.56. The van der Waals surface area contributed by atoms with Crippen LogP contribution in [0.3, 0.4) is 0 Å². The van der Waals surface area contributed by atoms with Gasteiger partial charge in [-0.25, -0.2) is 9.18 Å². The molecule has 0 saturated carbocycles. The van der Waals surface area contributed by atoms with E-state index in [0.717, 1.165) is 0 Å². The van der Waals surface area contributed by atoms with E-state index in [4.69, 9.17) is 32.7 Å². The number of carbonyl (C=O) groups is 3. The molecule has 1 unspecified atom stereocenters. The van der Waals surface area contributed by atoms with E-state index in [9.17, 15) is 18.8 Å². The van der Waals surface area contributed by atoms with Gasteiger partial charge in [-0.3, -0.25) is 14.0 Å². The summed E-state index contributed by atoms with van der Waals surface area (Å²) in [7, 11) is 1.38. The highest BCUT2D eigenvalue weighted by molar-refractivity contribution is 6.31. The highest BCUT2D eigenvalue weighted by Crippen LogP contribution is 2.57. The normalized spacial score (nSPS) is 22.2. The quantitative estimate of drug-likeness (QED) is 0.222. The Kier molecular flexibility index (Phi) is 9.13. The number of fused-ring (bicyclic) bond motifs is 2. The second kappa shape index (κ2) is 12.6. The summed E-state index contributed by atoms with van der Waals surface area (Å²) in [6.07, 6.45) is 0.124. The Morgan fingerprint density at radius 3 is 2.56 bits per heavy atom. The van der Waals surface area contributed by atoms with Crippen LogP contribution < -0.4 is 20.7 Å². The first-order valence-electron chi connectivity index (χ1n) is 14.4. The molecule has 4 atom stereocenters. The Morgan fingerprint density at radius 1 is 1.11 bits per heavy atom. The predicted octanol–water partition coefficient (Wildman–Crippen LogP) is 6.66. The maximum atomic E-state index is 16.0. The first-order valence-corrected chi connectivity index (χ1v) is 15.2. The average molecular weight is 661 g/mol. The first kappa shape index (κ1) is 32.7. The number of amides is 2. The van der Waals surface area contributed by atoms with Crippen LogP contribution in [0.2, 0.25) is 10.0 Å². The number of carbonyl (C=O) groups excluding carboxylic acids is 3. The predicted molar refractivity (Wildman–Crippen MR) is 169 cm³/mol. The maximum Gasteiger partial charge on any atom is 0.338 e. The van der Waals surface area contributed by atoms with Gasteiger partial charge in [0.25, 0.3) is 0 Å². The van der Waals surface area contributed by atoms with Crippen molar-refractivity contribution < 1.29 is 32.6 Å². The molecule has 1 spiro atoms. The Hall–Kier alpha value is -3.73. The van der Waals surface area contributed by atoms with E-state index in [1.807, 2.05) is 0 Å². The molecule has 3 N–H and O–H groups in total. The van der Waals surface area contributed by atoms with Gasteiger partial charge >= 0.3 is 5.97 Å². The van der Waals surface area contributed by atoms with Gasteiger partial charge in [0.15, 0.2) is 0 Å². The Morgan fingerprint density at radius 2 is 1.87 bits per heavy atom. The zero-order valence-corrected chi connectivity index (χ0v) is 26.6. The fraction of sp³-hybridized carbons (Fsp3) is 0.364. The molecule has 0 bridgehead atoms. The molecule has 2 heterocycles. The number of benzene rings is 3. The third-order valence-corrected chi connectivity index (χ3v) is 9.02. The van der Waals surface area contributed by atoms with Gasteiger partial charge in [0.2, 0.25) is 11.8 Å². The number of methoxy groups -OCH3 is 1. The van der Waals surface area contributed by atoms with Crippen LogP contribution in [-0.2, 0) is 19.7 Å². The van der Waals surface area contributed by atoms with Crippen LogP contribution in [-0.4, -0.2) is 50.3 Å². The second-order valence-corrected chi connectivity index (χ2v) is 12.8. The monoisotopic (exact) mass is 659 g/mol. The molecule has 5 rings (SSSR count). The van der Waals surface area contributed by atoms with Gasteiger partial charge in [-0.1, -0.05) is 55.2 Å². The molecule has 45 heavy (non-hydrogen) atoms. The number of ether oxygens (including phenoxy) is 2. The van der Waals surface area contributed by atoms with Gasteiger partial charge in [-0.05, 0) is 66.3 Å². The second-order valence-electron chi connectivity index (χ2n) is 12.0. The molecule has 3 aromatic carbocycles. The minimum absolute atomic E-state index is 0.0401. The zero-order valence-electron chi connectivity index (χ0n) is 25.1. The lowest BCUT2D eigenvalue weighted by Crippen LogP contribution is -2.50. The summed E-state index contributed by atoms with van der Waals surface area (Å²) < 4.78 is 40.8. The van der Waals surface area contributed by atoms with Crippen LogP contribution in [0.25, 0.3) is 0 Å². The third-order valence-electron chi connectivity index (χ3n) is 8.49. The summed E-state index contributed by atoms with van der Waals surface area (Å²) in [6, 6.07) is 11.7. The van der Waals surface area contributed by atoms with E-state index >= 15 is 4.39 Å². The lowest BCUT2D eigenvalue weighted by molar-refractivity contribution is -0.122. The molecule has 12 heteroatoms. The molecule has 0 aromatic heterocycles. The van der Waals surface area contributed by atoms with E-state index in [1.54, 1.807) is 45.0 Å². The number of esters is 1. The number of hydrogen-bond donors (Lipinski definition) is 3. The summed E-state index contributed by atoms with van der Waals surface area (Å²) in [6.45, 7) is 4.60. The average Bonchev–Trinajstić information content (AvgIpc) is 3.48. The van der Waals surface area contributed by atoms with E-state index in [0.29, 0.717) is 16.3 Å². The standard InChI is InChI=1S/C33H33Cl2F2N3O5/c1-5-45-30(42)17-9-12-22(24(13-17)44-4)38-29(41)28-26(19-7-6-8-21(35)27(19)37)33(25(40-28)15-32(2,3)16-36)20-11-10-18(34)14-23(20)39-31(33)43/h6-14,25-26,28,40H,5,15-16H2,1-4H3,(H,38,41)(H,39,43)/t25-,26?,28+,33+/m0/s1. The number of halogens is 4. The molecule has 3 aromatic rings. The van der Waals surface area contributed by atoms with Gasteiger partial charge in [0.1, 0.15) is 17.0 Å². The minimum Gasteiger partial charge on any atom is -0.495 e. The molecular formula is C33H33Cl2F2N3O5. The van der Waals surface area contributed by atoms with Crippen molar-refractivity contribution in [3.63, 3.8) is 0 Å². The fourth-order valence-electron chi connectivity index (χ4n) is 6.49. The van der Waals surface area contributed by atoms with Gasteiger partial charge in [0, 0.05) is 22.7 Å². The van der Waals surface area contributed by atoms with Gasteiger partial charge in [-0.15, -0.1) is 0 Å². The lowest BCUT2D eigenvalue weighted by atomic mass is 9.62. The van der Waals surface area contributed by atoms with Crippen LogP contribution in [0, 0.1) is 11.2 Å². The third kappa shape index (κ3) is 5.75. The summed E-state index contributed by atoms with van der Waals surface area (Å²) in [5, 5.41) is 9.20. The molecule has 2 amide bonds. The molecule has 0 radical (unpaired) electrons. The van der Waals surface area contributed by atoms with Gasteiger partial charge < -0.3 is 25.4 Å². The van der Waals surface area contributed by atoms with Crippen molar-refractivity contribution in [3.05, 3.63) is 87.2 Å². The molecular weight excluding hydrogens is 627 g/mol. The van der Waals surface area contributed by atoms with Crippen LogP contribution in [0.15, 0.2) is 54.6 Å². The molecule has 2 aliphatic rings. The Bertz CT molecular complexity index is 1670. The van der Waals surface area contributed by atoms with Crippen molar-refractivity contribution in [1.82, 2.24) is 5.32 Å². The van der Waals surface area contributed by atoms with Crippen LogP contribution in [0.1, 0.15) is 54.6 Å². The van der Waals surface area contributed by atoms with Crippen molar-refractivity contribution in [1.29, 1.82) is 0 Å².